The second kappa shape index (κ2) is 5.11. The Morgan fingerprint density at radius 3 is 2.23 bits per heavy atom. The van der Waals surface area contributed by atoms with Gasteiger partial charge in [0.1, 0.15) is 0 Å². The molecular weight excluding hydrogens is 189 g/mol. The van der Waals surface area contributed by atoms with Gasteiger partial charge in [-0.1, -0.05) is 12.8 Å². The smallest absolute Gasteiger partial charge is 0.324 e. The second-order valence-electron chi connectivity index (χ2n) is 3.64. The van der Waals surface area contributed by atoms with Crippen molar-refractivity contribution in [2.24, 2.45) is 0 Å². The third kappa shape index (κ3) is 7.20. The molecule has 0 unspecified atom stereocenters. The molecule has 1 aliphatic heterocycles. The van der Waals surface area contributed by atoms with Crippen molar-refractivity contribution in [3.05, 3.63) is 0 Å². The minimum atomic E-state index is -3.73. The Kier molecular flexibility index (Phi) is 4.39. The van der Waals surface area contributed by atoms with Gasteiger partial charge >= 0.3 is 7.60 Å². The van der Waals surface area contributed by atoms with Crippen LogP contribution in [0.25, 0.3) is 0 Å². The number of hydrogen-bond donors (Lipinski definition) is 2. The lowest BCUT2D eigenvalue weighted by atomic mass is 10.2. The van der Waals surface area contributed by atoms with Gasteiger partial charge in [-0.3, -0.25) is 4.57 Å². The molecule has 1 heterocycles. The van der Waals surface area contributed by atoms with Crippen molar-refractivity contribution in [2.45, 2.75) is 25.7 Å². The minimum absolute atomic E-state index is 0.0523. The zero-order valence-electron chi connectivity index (χ0n) is 7.85. The molecule has 0 aromatic heterocycles. The Hall–Kier alpha value is 0.110. The Bertz CT molecular complexity index is 188. The first kappa shape index (κ1) is 11.2. The van der Waals surface area contributed by atoms with Crippen LogP contribution in [0.5, 0.6) is 0 Å². The number of rotatable bonds is 7. The average molecular weight is 207 g/mol. The molecule has 0 amide bonds. The van der Waals surface area contributed by atoms with Crippen molar-refractivity contribution in [3.8, 4) is 0 Å². The van der Waals surface area contributed by atoms with Crippen LogP contribution in [0.4, 0.5) is 0 Å². The van der Waals surface area contributed by atoms with Crippen molar-refractivity contribution in [1.29, 1.82) is 0 Å². The zero-order valence-corrected chi connectivity index (χ0v) is 8.75. The van der Waals surface area contributed by atoms with Gasteiger partial charge in [0.05, 0.1) is 0 Å². The van der Waals surface area contributed by atoms with E-state index in [-0.39, 0.29) is 6.16 Å². The highest BCUT2D eigenvalue weighted by Crippen LogP contribution is 2.35. The summed E-state index contributed by atoms with van der Waals surface area (Å²) in [7, 11) is -3.73. The standard InChI is InChI=1S/C8H18NO3P/c10-13(11,12)8-4-2-1-3-5-9-6-7-9/h1-8H2,(H2,10,11,12). The van der Waals surface area contributed by atoms with E-state index < -0.39 is 7.60 Å². The molecule has 0 spiro atoms. The Morgan fingerprint density at radius 1 is 1.08 bits per heavy atom. The fraction of sp³-hybridized carbons (Fsp3) is 1.00. The Morgan fingerprint density at radius 2 is 1.69 bits per heavy atom. The zero-order chi connectivity index (χ0) is 9.73. The lowest BCUT2D eigenvalue weighted by Gasteiger charge is -2.03. The van der Waals surface area contributed by atoms with Crippen molar-refractivity contribution in [1.82, 2.24) is 4.90 Å². The summed E-state index contributed by atoms with van der Waals surface area (Å²) in [6, 6.07) is 0. The van der Waals surface area contributed by atoms with Crippen LogP contribution < -0.4 is 0 Å². The molecule has 2 N–H and O–H groups in total. The fourth-order valence-corrected chi connectivity index (χ4v) is 1.94. The van der Waals surface area contributed by atoms with Crippen LogP contribution in [0.15, 0.2) is 0 Å². The maximum Gasteiger partial charge on any atom is 0.325 e. The Labute approximate surface area is 79.1 Å². The first-order chi connectivity index (χ1) is 6.08. The van der Waals surface area contributed by atoms with E-state index >= 15 is 0 Å². The number of hydrogen-bond acceptors (Lipinski definition) is 2. The van der Waals surface area contributed by atoms with Gasteiger partial charge in [-0.05, 0) is 19.4 Å². The van der Waals surface area contributed by atoms with Gasteiger partial charge in [-0.25, -0.2) is 0 Å². The van der Waals surface area contributed by atoms with Crippen LogP contribution in [0, 0.1) is 0 Å². The van der Waals surface area contributed by atoms with Crippen molar-refractivity contribution in [3.63, 3.8) is 0 Å². The molecule has 4 nitrogen and oxygen atoms in total. The summed E-state index contributed by atoms with van der Waals surface area (Å²) in [5.74, 6) is 0. The highest BCUT2D eigenvalue weighted by molar-refractivity contribution is 7.51. The van der Waals surface area contributed by atoms with Crippen molar-refractivity contribution >= 4 is 7.60 Å². The molecule has 1 saturated heterocycles. The maximum atomic E-state index is 10.5. The number of nitrogens with zero attached hydrogens (tertiary/aromatic N) is 1. The molecule has 78 valence electrons. The molecular formula is C8H18NO3P. The largest absolute Gasteiger partial charge is 0.325 e. The summed E-state index contributed by atoms with van der Waals surface area (Å²) in [5, 5.41) is 0. The van der Waals surface area contributed by atoms with E-state index in [1.807, 2.05) is 0 Å². The molecule has 0 bridgehead atoms. The van der Waals surface area contributed by atoms with E-state index in [2.05, 4.69) is 4.90 Å². The molecule has 0 aliphatic carbocycles. The average Bonchev–Trinajstić information content (AvgIpc) is 2.77. The van der Waals surface area contributed by atoms with Gasteiger partial charge < -0.3 is 14.7 Å². The molecule has 0 atom stereocenters. The van der Waals surface area contributed by atoms with Gasteiger partial charge in [-0.2, -0.15) is 0 Å². The minimum Gasteiger partial charge on any atom is -0.324 e. The quantitative estimate of drug-likeness (QED) is 0.372. The van der Waals surface area contributed by atoms with Crippen molar-refractivity contribution in [2.75, 3.05) is 25.8 Å². The van der Waals surface area contributed by atoms with E-state index in [9.17, 15) is 4.57 Å². The molecule has 13 heavy (non-hydrogen) atoms. The third-order valence-corrected chi connectivity index (χ3v) is 3.11. The predicted octanol–water partition coefficient (Wildman–Crippen LogP) is 1.04. The fourth-order valence-electron chi connectivity index (χ4n) is 1.30. The van der Waals surface area contributed by atoms with E-state index in [0.717, 1.165) is 19.4 Å². The van der Waals surface area contributed by atoms with Crippen LogP contribution >= 0.6 is 7.60 Å². The monoisotopic (exact) mass is 207 g/mol. The summed E-state index contributed by atoms with van der Waals surface area (Å²) < 4.78 is 10.5. The van der Waals surface area contributed by atoms with Crippen molar-refractivity contribution < 1.29 is 14.4 Å². The predicted molar refractivity (Wildman–Crippen MR) is 51.8 cm³/mol. The third-order valence-electron chi connectivity index (χ3n) is 2.21. The molecule has 1 aliphatic rings. The lowest BCUT2D eigenvalue weighted by Crippen LogP contribution is -1.98. The summed E-state index contributed by atoms with van der Waals surface area (Å²) in [6.07, 6.45) is 3.91. The molecule has 0 saturated carbocycles. The molecule has 1 rings (SSSR count). The van der Waals surface area contributed by atoms with Gasteiger partial charge in [0.15, 0.2) is 0 Å². The number of unbranched alkanes of at least 4 members (excludes halogenated alkanes) is 3. The van der Waals surface area contributed by atoms with Crippen LogP contribution in [-0.4, -0.2) is 40.5 Å². The van der Waals surface area contributed by atoms with E-state index in [1.165, 1.54) is 19.5 Å². The first-order valence-corrected chi connectivity index (χ1v) is 6.65. The van der Waals surface area contributed by atoms with Crippen LogP contribution in [0.2, 0.25) is 0 Å². The first-order valence-electron chi connectivity index (χ1n) is 4.85. The normalized spacial score (nSPS) is 17.7. The van der Waals surface area contributed by atoms with E-state index in [1.54, 1.807) is 0 Å². The molecule has 5 heteroatoms. The maximum absolute atomic E-state index is 10.5. The molecule has 0 aromatic carbocycles. The van der Waals surface area contributed by atoms with Gasteiger partial charge in [0.25, 0.3) is 0 Å². The van der Waals surface area contributed by atoms with E-state index in [0.29, 0.717) is 6.42 Å². The summed E-state index contributed by atoms with van der Waals surface area (Å²) in [6.45, 7) is 3.64. The molecule has 0 radical (unpaired) electrons. The van der Waals surface area contributed by atoms with E-state index in [4.69, 9.17) is 9.79 Å². The van der Waals surface area contributed by atoms with Crippen LogP contribution in [0.1, 0.15) is 25.7 Å². The van der Waals surface area contributed by atoms with Crippen LogP contribution in [0.3, 0.4) is 0 Å². The lowest BCUT2D eigenvalue weighted by molar-refractivity contribution is 0.370. The SMILES string of the molecule is O=P(O)(O)CCCCCCN1CC1. The van der Waals surface area contributed by atoms with Gasteiger partial charge in [-0.15, -0.1) is 0 Å². The van der Waals surface area contributed by atoms with Crippen LogP contribution in [-0.2, 0) is 4.57 Å². The summed E-state index contributed by atoms with van der Waals surface area (Å²) in [5.41, 5.74) is 0. The van der Waals surface area contributed by atoms with Gasteiger partial charge in [0.2, 0.25) is 0 Å². The van der Waals surface area contributed by atoms with Gasteiger partial charge in [0, 0.05) is 19.3 Å². The molecule has 0 aromatic rings. The summed E-state index contributed by atoms with van der Waals surface area (Å²) >= 11 is 0. The second-order valence-corrected chi connectivity index (χ2v) is 5.42. The summed E-state index contributed by atoms with van der Waals surface area (Å²) in [4.78, 5) is 19.5. The highest BCUT2D eigenvalue weighted by Gasteiger charge is 2.15. The molecule has 1 fully saturated rings. The highest BCUT2D eigenvalue weighted by atomic mass is 31.2. The Balaban J connectivity index is 1.80. The topological polar surface area (TPSA) is 60.5 Å².